The van der Waals surface area contributed by atoms with Crippen molar-refractivity contribution in [2.75, 3.05) is 18.0 Å². The summed E-state index contributed by atoms with van der Waals surface area (Å²) in [6.07, 6.45) is 1.56. The third kappa shape index (κ3) is 3.49. The third-order valence-electron chi connectivity index (χ3n) is 3.57. The number of nitrogens with zero attached hydrogens (tertiary/aromatic N) is 2. The minimum absolute atomic E-state index is 0.127. The number of anilines is 1. The second kappa shape index (κ2) is 6.10. The van der Waals surface area contributed by atoms with E-state index in [0.717, 1.165) is 11.5 Å². The van der Waals surface area contributed by atoms with Gasteiger partial charge in [-0.05, 0) is 24.0 Å². The van der Waals surface area contributed by atoms with Gasteiger partial charge in [-0.25, -0.2) is 4.37 Å². The fourth-order valence-electron chi connectivity index (χ4n) is 2.66. The van der Waals surface area contributed by atoms with Gasteiger partial charge in [0.1, 0.15) is 5.75 Å². The number of hydrogen-bond donors (Lipinski definition) is 1. The lowest BCUT2D eigenvalue weighted by Crippen LogP contribution is -2.23. The maximum atomic E-state index is 13.1. The van der Waals surface area contributed by atoms with Crippen LogP contribution < -0.4 is 9.64 Å². The van der Waals surface area contributed by atoms with Crippen molar-refractivity contribution in [2.24, 2.45) is 0 Å². The molecule has 1 aromatic heterocycles. The molecule has 0 saturated carbocycles. The van der Waals surface area contributed by atoms with E-state index in [2.05, 4.69) is 9.11 Å². The summed E-state index contributed by atoms with van der Waals surface area (Å²) >= 11 is 6.07. The molecule has 0 aliphatic carbocycles. The predicted octanol–water partition coefficient (Wildman–Crippen LogP) is 4.23. The monoisotopic (exact) mass is 360 g/mol. The standard InChI is InChI=1S/C14H13ClF2N3O2S/c15-14(16,17)22-11-2-1-10(18)13(20-4-3-9(21)6-20)12(11)8-5-19-23-7-8/h1-2,5,7,9,18,21H,3-4,6H2/q-1/t9-/m1/s1. The van der Waals surface area contributed by atoms with Gasteiger partial charge in [-0.1, -0.05) is 6.07 Å². The number of alkyl halides is 3. The van der Waals surface area contributed by atoms with Gasteiger partial charge in [0.2, 0.25) is 0 Å². The van der Waals surface area contributed by atoms with E-state index >= 15 is 0 Å². The Balaban J connectivity index is 2.15. The van der Waals surface area contributed by atoms with Crippen LogP contribution in [-0.4, -0.2) is 34.2 Å². The zero-order valence-corrected chi connectivity index (χ0v) is 13.4. The molecular weight excluding hydrogens is 348 g/mol. The lowest BCUT2D eigenvalue weighted by molar-refractivity contribution is -0.0960. The minimum Gasteiger partial charge on any atom is -0.697 e. The van der Waals surface area contributed by atoms with E-state index in [1.165, 1.54) is 18.3 Å². The second-order valence-electron chi connectivity index (χ2n) is 5.18. The molecule has 1 aromatic carbocycles. The van der Waals surface area contributed by atoms with E-state index in [-0.39, 0.29) is 11.4 Å². The summed E-state index contributed by atoms with van der Waals surface area (Å²) in [4.78, 5) is 1.79. The van der Waals surface area contributed by atoms with Crippen LogP contribution in [0.15, 0.2) is 23.7 Å². The average molecular weight is 361 g/mol. The molecule has 5 nitrogen and oxygen atoms in total. The summed E-state index contributed by atoms with van der Waals surface area (Å²) in [6, 6.07) is 2.67. The van der Waals surface area contributed by atoms with Gasteiger partial charge in [-0.15, -0.1) is 14.5 Å². The van der Waals surface area contributed by atoms with E-state index in [1.54, 1.807) is 10.3 Å². The SMILES string of the molecule is [NH-]c1ccc(OC(F)(F)Cl)c(-c2cnsc2)c1N1CC[C@@H](O)C1. The highest BCUT2D eigenvalue weighted by Crippen LogP contribution is 2.47. The summed E-state index contributed by atoms with van der Waals surface area (Å²) < 4.78 is 34.8. The summed E-state index contributed by atoms with van der Waals surface area (Å²) in [5, 5.41) is 11.4. The maximum Gasteiger partial charge on any atom is 0.487 e. The van der Waals surface area contributed by atoms with Crippen LogP contribution in [0.4, 0.5) is 20.2 Å². The minimum atomic E-state index is -3.86. The quantitative estimate of drug-likeness (QED) is 0.828. The molecule has 0 radical (unpaired) electrons. The molecule has 0 spiro atoms. The number of aliphatic hydroxyl groups is 1. The highest BCUT2D eigenvalue weighted by atomic mass is 35.5. The van der Waals surface area contributed by atoms with Crippen LogP contribution >= 0.6 is 23.1 Å². The Morgan fingerprint density at radius 1 is 1.48 bits per heavy atom. The Hall–Kier alpha value is -1.64. The number of halogens is 3. The molecule has 2 aromatic rings. The number of aromatic nitrogens is 1. The number of β-amino-alcohol motifs (C(OH)–C–C–N with tert-alkyl or cyclic N) is 1. The molecule has 2 N–H and O–H groups in total. The molecular formula is C14H13ClF2N3O2S-. The number of ether oxygens (including phenoxy) is 1. The Morgan fingerprint density at radius 2 is 2.26 bits per heavy atom. The van der Waals surface area contributed by atoms with Gasteiger partial charge >= 0.3 is 5.57 Å². The van der Waals surface area contributed by atoms with Gasteiger partial charge in [0.25, 0.3) is 0 Å². The van der Waals surface area contributed by atoms with E-state index in [9.17, 15) is 13.9 Å². The van der Waals surface area contributed by atoms with Crippen LogP contribution in [0.3, 0.4) is 0 Å². The van der Waals surface area contributed by atoms with Gasteiger partial charge < -0.3 is 20.5 Å². The van der Waals surface area contributed by atoms with Crippen molar-refractivity contribution >= 4 is 34.5 Å². The molecule has 1 saturated heterocycles. The summed E-state index contributed by atoms with van der Waals surface area (Å²) in [5.74, 6) is -0.127. The first kappa shape index (κ1) is 16.2. The van der Waals surface area contributed by atoms with Gasteiger partial charge in [0.05, 0.1) is 6.10 Å². The van der Waals surface area contributed by atoms with Crippen molar-refractivity contribution in [3.8, 4) is 16.9 Å². The molecule has 2 heterocycles. The molecule has 124 valence electrons. The predicted molar refractivity (Wildman–Crippen MR) is 85.8 cm³/mol. The highest BCUT2D eigenvalue weighted by molar-refractivity contribution is 7.03. The van der Waals surface area contributed by atoms with E-state index < -0.39 is 11.7 Å². The lowest BCUT2D eigenvalue weighted by Gasteiger charge is -2.28. The smallest absolute Gasteiger partial charge is 0.487 e. The lowest BCUT2D eigenvalue weighted by atomic mass is 10.0. The zero-order chi connectivity index (χ0) is 16.6. The van der Waals surface area contributed by atoms with E-state index in [4.69, 9.17) is 17.3 Å². The number of nitrogens with one attached hydrogen (secondary N) is 1. The van der Waals surface area contributed by atoms with Crippen LogP contribution in [0.1, 0.15) is 6.42 Å². The van der Waals surface area contributed by atoms with E-state index in [0.29, 0.717) is 36.3 Å². The fourth-order valence-corrected chi connectivity index (χ4v) is 3.27. The normalized spacial score (nSPS) is 18.4. The Kier molecular flexibility index (Phi) is 4.31. The summed E-state index contributed by atoms with van der Waals surface area (Å²) in [5.41, 5.74) is 5.79. The van der Waals surface area contributed by atoms with Crippen molar-refractivity contribution < 1.29 is 18.6 Å². The summed E-state index contributed by atoms with van der Waals surface area (Å²) in [7, 11) is 0. The molecule has 9 heteroatoms. The van der Waals surface area contributed by atoms with Gasteiger partial charge in [0, 0.05) is 53.1 Å². The topological polar surface area (TPSA) is 69.4 Å². The van der Waals surface area contributed by atoms with Crippen molar-refractivity contribution in [3.05, 3.63) is 29.4 Å². The average Bonchev–Trinajstić information content (AvgIpc) is 3.10. The van der Waals surface area contributed by atoms with Crippen molar-refractivity contribution in [1.29, 1.82) is 0 Å². The van der Waals surface area contributed by atoms with Gasteiger partial charge in [-0.3, -0.25) is 0 Å². The first-order valence-corrected chi connectivity index (χ1v) is 8.03. The molecule has 1 aliphatic rings. The third-order valence-corrected chi connectivity index (χ3v) is 4.23. The molecule has 0 unspecified atom stereocenters. The maximum absolute atomic E-state index is 13.1. The Bertz CT molecular complexity index is 694. The molecule has 3 rings (SSSR count). The van der Waals surface area contributed by atoms with Crippen molar-refractivity contribution in [3.63, 3.8) is 0 Å². The number of hydrogen-bond acceptors (Lipinski definition) is 5. The molecule has 0 bridgehead atoms. The van der Waals surface area contributed by atoms with Crippen LogP contribution in [0.25, 0.3) is 16.9 Å². The molecule has 1 fully saturated rings. The molecule has 1 aliphatic heterocycles. The van der Waals surface area contributed by atoms with Crippen LogP contribution in [0.5, 0.6) is 5.75 Å². The van der Waals surface area contributed by atoms with Crippen molar-refractivity contribution in [1.82, 2.24) is 4.37 Å². The number of aliphatic hydroxyl groups excluding tert-OH is 1. The first-order valence-electron chi connectivity index (χ1n) is 6.82. The van der Waals surface area contributed by atoms with Crippen LogP contribution in [0, 0.1) is 0 Å². The zero-order valence-electron chi connectivity index (χ0n) is 11.8. The van der Waals surface area contributed by atoms with Crippen molar-refractivity contribution in [2.45, 2.75) is 18.1 Å². The highest BCUT2D eigenvalue weighted by Gasteiger charge is 2.31. The molecule has 0 amide bonds. The fraction of sp³-hybridized carbons (Fsp3) is 0.357. The first-order chi connectivity index (χ1) is 10.8. The van der Waals surface area contributed by atoms with E-state index in [1.807, 2.05) is 0 Å². The number of rotatable bonds is 4. The largest absolute Gasteiger partial charge is 0.697 e. The Morgan fingerprint density at radius 3 is 2.83 bits per heavy atom. The Labute approximate surface area is 140 Å². The van der Waals surface area contributed by atoms with Crippen LogP contribution in [0.2, 0.25) is 0 Å². The second-order valence-corrected chi connectivity index (χ2v) is 6.28. The van der Waals surface area contributed by atoms with Crippen LogP contribution in [-0.2, 0) is 0 Å². The molecule has 1 atom stereocenters. The molecule has 23 heavy (non-hydrogen) atoms. The summed E-state index contributed by atoms with van der Waals surface area (Å²) in [6.45, 7) is 0.857. The van der Waals surface area contributed by atoms with Gasteiger partial charge in [0.15, 0.2) is 0 Å². The number of benzene rings is 1. The van der Waals surface area contributed by atoms with Gasteiger partial charge in [-0.2, -0.15) is 0 Å².